The standard InChI is InChI=1S/C11H11ClF2O.C10H14O.3C10H14.C2H4O/c1-7(2)9-5-8(12)3-4-10(9)15-6-11(13)14;1-8(2)10-5-3-9(7-11)4-6-10;3*1-8(2)10-6-4-9(3)5-7-10;1-2-3/h3-7H,1-2H3;3-6,8,11H,7H2,1-2H3;3*4-8H,1-3H3;2H,1H3. The molecule has 6 heteroatoms. The summed E-state index contributed by atoms with van der Waals surface area (Å²) in [5, 5.41) is 9.33. The van der Waals surface area contributed by atoms with E-state index in [1.54, 1.807) is 18.2 Å². The van der Waals surface area contributed by atoms with Crippen LogP contribution in [0.25, 0.3) is 0 Å². The van der Waals surface area contributed by atoms with Crippen molar-refractivity contribution in [2.24, 2.45) is 0 Å². The van der Waals surface area contributed by atoms with E-state index in [-0.39, 0.29) is 12.5 Å². The SMILES string of the molecule is CC(C)c1cc(Cl)ccc1OC=C(F)F.CC(C)c1ccc(CO)cc1.CC=O.Cc1ccc(C(C)C)cc1.Cc1ccc(C(C)C)cc1.Cc1ccc(C(C)C)cc1. The number of ether oxygens (including phenoxy) is 1. The summed E-state index contributed by atoms with van der Waals surface area (Å²) in [6.07, 6.45) is -0.686. The maximum absolute atomic E-state index is 11.8. The zero-order valence-corrected chi connectivity index (χ0v) is 38.9. The molecule has 0 atom stereocenters. The lowest BCUT2D eigenvalue weighted by Gasteiger charge is -2.11. The van der Waals surface area contributed by atoms with Gasteiger partial charge in [0.15, 0.2) is 6.26 Å². The van der Waals surface area contributed by atoms with Gasteiger partial charge in [0, 0.05) is 5.02 Å². The van der Waals surface area contributed by atoms with Gasteiger partial charge in [-0.25, -0.2) is 0 Å². The van der Waals surface area contributed by atoms with Crippen LogP contribution in [0.1, 0.15) is 156 Å². The molecule has 5 rings (SSSR count). The van der Waals surface area contributed by atoms with Crippen molar-refractivity contribution < 1.29 is 23.4 Å². The molecule has 5 aromatic rings. The summed E-state index contributed by atoms with van der Waals surface area (Å²) >= 11 is 5.80. The van der Waals surface area contributed by atoms with Crippen molar-refractivity contribution in [1.29, 1.82) is 0 Å². The van der Waals surface area contributed by atoms with E-state index in [0.29, 0.717) is 40.7 Å². The Morgan fingerprint density at radius 1 is 0.559 bits per heavy atom. The molecule has 322 valence electrons. The van der Waals surface area contributed by atoms with Crippen LogP contribution in [-0.4, -0.2) is 11.4 Å². The summed E-state index contributed by atoms with van der Waals surface area (Å²) in [4.78, 5) is 8.81. The topological polar surface area (TPSA) is 46.5 Å². The fourth-order valence-electron chi connectivity index (χ4n) is 5.05. The first-order chi connectivity index (χ1) is 27.7. The molecule has 3 nitrogen and oxygen atoms in total. The smallest absolute Gasteiger partial charge is 0.305 e. The quantitative estimate of drug-likeness (QED) is 0.125. The van der Waals surface area contributed by atoms with E-state index < -0.39 is 6.08 Å². The van der Waals surface area contributed by atoms with Crippen LogP contribution in [0.4, 0.5) is 8.78 Å². The van der Waals surface area contributed by atoms with Gasteiger partial charge in [-0.05, 0) is 109 Å². The molecule has 0 aliphatic rings. The first-order valence-corrected chi connectivity index (χ1v) is 20.9. The molecule has 0 fully saturated rings. The van der Waals surface area contributed by atoms with Crippen LogP contribution in [0.15, 0.2) is 128 Å². The molecular weight excluding hydrogens is 758 g/mol. The minimum absolute atomic E-state index is 0.137. The number of aldehydes is 1. The van der Waals surface area contributed by atoms with E-state index in [2.05, 4.69) is 161 Å². The van der Waals surface area contributed by atoms with Gasteiger partial charge in [0.05, 0.1) is 6.61 Å². The van der Waals surface area contributed by atoms with Crippen LogP contribution < -0.4 is 4.74 Å². The molecule has 0 saturated heterocycles. The lowest BCUT2D eigenvalue weighted by Crippen LogP contribution is -1.93. The monoisotopic (exact) mass is 829 g/mol. The summed E-state index contributed by atoms with van der Waals surface area (Å²) in [5.74, 6) is 3.10. The zero-order valence-electron chi connectivity index (χ0n) is 38.1. The number of aryl methyl sites for hydroxylation is 3. The normalized spacial score (nSPS) is 10.1. The third-order valence-corrected chi connectivity index (χ3v) is 9.16. The second-order valence-corrected chi connectivity index (χ2v) is 16.3. The van der Waals surface area contributed by atoms with Gasteiger partial charge >= 0.3 is 6.08 Å². The van der Waals surface area contributed by atoms with Gasteiger partial charge in [-0.2, -0.15) is 8.78 Å². The van der Waals surface area contributed by atoms with Crippen LogP contribution in [0.3, 0.4) is 0 Å². The van der Waals surface area contributed by atoms with Crippen molar-refractivity contribution in [2.45, 2.75) is 133 Å². The van der Waals surface area contributed by atoms with Gasteiger partial charge in [0.2, 0.25) is 0 Å². The highest BCUT2D eigenvalue weighted by atomic mass is 35.5. The largest absolute Gasteiger partial charge is 0.459 e. The predicted molar refractivity (Wildman–Crippen MR) is 250 cm³/mol. The van der Waals surface area contributed by atoms with Crippen LogP contribution in [0.5, 0.6) is 5.75 Å². The molecule has 0 unspecified atom stereocenters. The molecule has 0 aliphatic carbocycles. The number of halogens is 3. The molecule has 5 aromatic carbocycles. The van der Waals surface area contributed by atoms with Crippen molar-refractivity contribution in [2.75, 3.05) is 0 Å². The Hall–Kier alpha value is -4.58. The van der Waals surface area contributed by atoms with Crippen molar-refractivity contribution in [1.82, 2.24) is 0 Å². The Morgan fingerprint density at radius 2 is 0.864 bits per heavy atom. The molecule has 0 aliphatic heterocycles. The van der Waals surface area contributed by atoms with E-state index in [9.17, 15) is 8.78 Å². The fraction of sp³-hybridized carbons (Fsp3) is 0.377. The summed E-state index contributed by atoms with van der Waals surface area (Å²) in [5.41, 5.74) is 11.4. The van der Waals surface area contributed by atoms with Gasteiger partial charge in [-0.15, -0.1) is 0 Å². The number of hydrogen-bond donors (Lipinski definition) is 1. The second-order valence-electron chi connectivity index (χ2n) is 15.8. The molecule has 0 aromatic heterocycles. The molecule has 0 heterocycles. The van der Waals surface area contributed by atoms with E-state index in [4.69, 9.17) is 26.2 Å². The van der Waals surface area contributed by atoms with Crippen molar-refractivity contribution in [3.63, 3.8) is 0 Å². The number of aliphatic hydroxyl groups is 1. The summed E-state index contributed by atoms with van der Waals surface area (Å²) in [6.45, 7) is 29.4. The first-order valence-electron chi connectivity index (χ1n) is 20.5. The number of carbonyl (C=O) groups is 1. The highest BCUT2D eigenvalue weighted by Gasteiger charge is 2.08. The van der Waals surface area contributed by atoms with Gasteiger partial charge in [-0.3, -0.25) is 0 Å². The lowest BCUT2D eigenvalue weighted by atomic mass is 10.0. The average molecular weight is 830 g/mol. The average Bonchev–Trinajstić information content (AvgIpc) is 3.19. The van der Waals surface area contributed by atoms with Gasteiger partial charge in [-0.1, -0.05) is 195 Å². The van der Waals surface area contributed by atoms with Gasteiger partial charge < -0.3 is 14.6 Å². The minimum Gasteiger partial charge on any atom is -0.459 e. The molecular formula is C53H71ClF2O3. The Labute approximate surface area is 361 Å². The summed E-state index contributed by atoms with van der Waals surface area (Å²) in [6, 6.07) is 39.1. The number of benzene rings is 5. The van der Waals surface area contributed by atoms with Crippen molar-refractivity contribution in [3.8, 4) is 5.75 Å². The van der Waals surface area contributed by atoms with Crippen molar-refractivity contribution >= 4 is 17.9 Å². The summed E-state index contributed by atoms with van der Waals surface area (Å²) < 4.78 is 28.5. The van der Waals surface area contributed by atoms with Crippen LogP contribution in [0, 0.1) is 20.8 Å². The lowest BCUT2D eigenvalue weighted by molar-refractivity contribution is -0.106. The third-order valence-electron chi connectivity index (χ3n) is 8.93. The maximum atomic E-state index is 11.8. The van der Waals surface area contributed by atoms with Crippen LogP contribution in [0.2, 0.25) is 5.02 Å². The molecule has 0 spiro atoms. The highest BCUT2D eigenvalue weighted by molar-refractivity contribution is 6.30. The number of carbonyl (C=O) groups excluding carboxylic acids is 1. The highest BCUT2D eigenvalue weighted by Crippen LogP contribution is 2.30. The van der Waals surface area contributed by atoms with Gasteiger partial charge in [0.25, 0.3) is 0 Å². The Morgan fingerprint density at radius 3 is 1.12 bits per heavy atom. The maximum Gasteiger partial charge on any atom is 0.305 e. The van der Waals surface area contributed by atoms with Crippen LogP contribution in [-0.2, 0) is 11.4 Å². The fourth-order valence-corrected chi connectivity index (χ4v) is 5.23. The zero-order chi connectivity index (χ0) is 45.1. The molecule has 0 bridgehead atoms. The third kappa shape index (κ3) is 24.8. The van der Waals surface area contributed by atoms with Crippen LogP contribution >= 0.6 is 11.6 Å². The Kier molecular flexibility index (Phi) is 28.1. The number of hydrogen-bond acceptors (Lipinski definition) is 3. The first kappa shape index (κ1) is 54.4. The van der Waals surface area contributed by atoms with Crippen molar-refractivity contribution in [3.05, 3.63) is 183 Å². The minimum atomic E-state index is -1.86. The second kappa shape index (κ2) is 30.5. The van der Waals surface area contributed by atoms with E-state index in [1.165, 1.54) is 45.9 Å². The van der Waals surface area contributed by atoms with E-state index >= 15 is 0 Å². The number of aliphatic hydroxyl groups excluding tert-OH is 1. The molecule has 0 radical (unpaired) electrons. The molecule has 0 amide bonds. The Bertz CT molecular complexity index is 1740. The number of rotatable bonds is 8. The van der Waals surface area contributed by atoms with E-state index in [0.717, 1.165) is 17.4 Å². The molecule has 1 N–H and O–H groups in total. The van der Waals surface area contributed by atoms with Gasteiger partial charge in [0.1, 0.15) is 12.0 Å². The summed E-state index contributed by atoms with van der Waals surface area (Å²) in [7, 11) is 0. The predicted octanol–water partition coefficient (Wildman–Crippen LogP) is 16.4. The molecule has 59 heavy (non-hydrogen) atoms. The van der Waals surface area contributed by atoms with E-state index in [1.807, 2.05) is 26.0 Å². The Balaban J connectivity index is 0.000000706. The molecule has 0 saturated carbocycles.